The van der Waals surface area contributed by atoms with Crippen LogP contribution in [-0.2, 0) is 4.79 Å². The summed E-state index contributed by atoms with van der Waals surface area (Å²) < 4.78 is 0. The number of azide groups is 1. The van der Waals surface area contributed by atoms with Crippen molar-refractivity contribution >= 4 is 6.29 Å². The van der Waals surface area contributed by atoms with E-state index in [0.717, 1.165) is 19.1 Å². The molecule has 0 aromatic heterocycles. The second-order valence-electron chi connectivity index (χ2n) is 2.13. The van der Waals surface area contributed by atoms with Gasteiger partial charge in [-0.2, -0.15) is 0 Å². The van der Waals surface area contributed by atoms with Crippen molar-refractivity contribution in [3.63, 3.8) is 0 Å². The van der Waals surface area contributed by atoms with Gasteiger partial charge in [0.25, 0.3) is 0 Å². The summed E-state index contributed by atoms with van der Waals surface area (Å²) in [5, 5.41) is 6.17. The number of carbonyl (C=O) groups is 1. The van der Waals surface area contributed by atoms with Crippen molar-refractivity contribution in [3.05, 3.63) is 10.4 Å². The predicted molar refractivity (Wildman–Crippen MR) is 42.2 cm³/mol. The highest BCUT2D eigenvalue weighted by molar-refractivity contribution is 5.57. The van der Waals surface area contributed by atoms with E-state index in [1.807, 2.05) is 0 Å². The molecule has 0 aliphatic rings. The monoisotopic (exact) mass is 156 g/mol. The molecule has 0 rings (SSSR count). The maximum absolute atomic E-state index is 10.2. The molecule has 0 saturated carbocycles. The standard InChI is InChI=1S/C6H12N4O/c1-8-6(5-11)3-2-4-9-10-7/h5-6,8H,2-4H2,1H3/t6-/m0/s1. The summed E-state index contributed by atoms with van der Waals surface area (Å²) in [6.45, 7) is 0.461. The summed E-state index contributed by atoms with van der Waals surface area (Å²) in [4.78, 5) is 12.8. The third-order valence-electron chi connectivity index (χ3n) is 1.37. The molecule has 0 spiro atoms. The first-order valence-corrected chi connectivity index (χ1v) is 3.48. The van der Waals surface area contributed by atoms with Gasteiger partial charge < -0.3 is 10.1 Å². The van der Waals surface area contributed by atoms with E-state index in [0.29, 0.717) is 6.54 Å². The zero-order valence-electron chi connectivity index (χ0n) is 6.53. The number of hydrogen-bond acceptors (Lipinski definition) is 3. The lowest BCUT2D eigenvalue weighted by molar-refractivity contribution is -0.109. The molecule has 0 bridgehead atoms. The molecule has 11 heavy (non-hydrogen) atoms. The van der Waals surface area contributed by atoms with E-state index in [2.05, 4.69) is 15.3 Å². The summed E-state index contributed by atoms with van der Waals surface area (Å²) in [5.41, 5.74) is 7.92. The third kappa shape index (κ3) is 5.39. The van der Waals surface area contributed by atoms with Gasteiger partial charge in [0.15, 0.2) is 0 Å². The summed E-state index contributed by atoms with van der Waals surface area (Å²) in [7, 11) is 1.73. The minimum Gasteiger partial charge on any atom is -0.311 e. The Morgan fingerprint density at radius 2 is 2.55 bits per heavy atom. The number of carbonyl (C=O) groups excluding carboxylic acids is 1. The Morgan fingerprint density at radius 3 is 3.00 bits per heavy atom. The molecule has 1 N–H and O–H groups in total. The van der Waals surface area contributed by atoms with Crippen molar-refractivity contribution in [2.45, 2.75) is 18.9 Å². The first kappa shape index (κ1) is 9.94. The first-order chi connectivity index (χ1) is 5.35. The number of likely N-dealkylation sites (N-methyl/N-ethyl adjacent to an activating group) is 1. The van der Waals surface area contributed by atoms with Crippen LogP contribution in [0.25, 0.3) is 10.4 Å². The van der Waals surface area contributed by atoms with Gasteiger partial charge in [-0.25, -0.2) is 0 Å². The van der Waals surface area contributed by atoms with Crippen LogP contribution in [0.3, 0.4) is 0 Å². The molecule has 0 aliphatic carbocycles. The fourth-order valence-electron chi connectivity index (χ4n) is 0.707. The number of aldehydes is 1. The van der Waals surface area contributed by atoms with Crippen LogP contribution >= 0.6 is 0 Å². The Balaban J connectivity index is 3.35. The van der Waals surface area contributed by atoms with Gasteiger partial charge in [-0.1, -0.05) is 5.11 Å². The van der Waals surface area contributed by atoms with Crippen LogP contribution in [0.5, 0.6) is 0 Å². The molecule has 5 heteroatoms. The summed E-state index contributed by atoms with van der Waals surface area (Å²) in [5.74, 6) is 0. The lowest BCUT2D eigenvalue weighted by Crippen LogP contribution is -2.26. The lowest BCUT2D eigenvalue weighted by Gasteiger charge is -2.05. The third-order valence-corrected chi connectivity index (χ3v) is 1.37. The van der Waals surface area contributed by atoms with Crippen LogP contribution in [0.1, 0.15) is 12.8 Å². The van der Waals surface area contributed by atoms with Gasteiger partial charge in [-0.15, -0.1) is 0 Å². The van der Waals surface area contributed by atoms with E-state index in [4.69, 9.17) is 5.53 Å². The smallest absolute Gasteiger partial charge is 0.136 e. The normalized spacial score (nSPS) is 11.7. The van der Waals surface area contributed by atoms with Crippen LogP contribution in [0, 0.1) is 0 Å². The van der Waals surface area contributed by atoms with Crippen LogP contribution in [0.4, 0.5) is 0 Å². The molecule has 1 atom stereocenters. The van der Waals surface area contributed by atoms with Crippen molar-refractivity contribution in [3.8, 4) is 0 Å². The Kier molecular flexibility index (Phi) is 6.37. The van der Waals surface area contributed by atoms with Gasteiger partial charge in [0, 0.05) is 11.5 Å². The average molecular weight is 156 g/mol. The molecule has 0 radical (unpaired) electrons. The van der Waals surface area contributed by atoms with E-state index >= 15 is 0 Å². The van der Waals surface area contributed by atoms with Crippen molar-refractivity contribution in [2.75, 3.05) is 13.6 Å². The van der Waals surface area contributed by atoms with Crippen LogP contribution in [-0.4, -0.2) is 25.9 Å². The van der Waals surface area contributed by atoms with Gasteiger partial charge in [-0.05, 0) is 25.4 Å². The van der Waals surface area contributed by atoms with E-state index in [9.17, 15) is 4.79 Å². The second kappa shape index (κ2) is 7.05. The molecular weight excluding hydrogens is 144 g/mol. The highest BCUT2D eigenvalue weighted by atomic mass is 16.1. The first-order valence-electron chi connectivity index (χ1n) is 3.48. The molecular formula is C6H12N4O. The molecule has 0 aromatic carbocycles. The molecule has 5 nitrogen and oxygen atoms in total. The number of hydrogen-bond donors (Lipinski definition) is 1. The Morgan fingerprint density at radius 1 is 1.82 bits per heavy atom. The molecule has 0 aromatic rings. The highest BCUT2D eigenvalue weighted by Gasteiger charge is 2.00. The van der Waals surface area contributed by atoms with Gasteiger partial charge in [0.05, 0.1) is 6.04 Å². The average Bonchev–Trinajstić information content (AvgIpc) is 2.05. The maximum Gasteiger partial charge on any atom is 0.136 e. The Hall–Kier alpha value is -1.06. The SMILES string of the molecule is CN[C@H](C=O)CCCN=[N+]=[N-]. The Bertz CT molecular complexity index is 153. The summed E-state index contributed by atoms with van der Waals surface area (Å²) >= 11 is 0. The molecule has 0 fully saturated rings. The van der Waals surface area contributed by atoms with Crippen LogP contribution in [0.15, 0.2) is 5.11 Å². The van der Waals surface area contributed by atoms with Crippen molar-refractivity contribution in [2.24, 2.45) is 5.11 Å². The minimum absolute atomic E-state index is 0.108. The minimum atomic E-state index is -0.108. The zero-order valence-corrected chi connectivity index (χ0v) is 6.53. The zero-order chi connectivity index (χ0) is 8.53. The molecule has 0 unspecified atom stereocenters. The summed E-state index contributed by atoms with van der Waals surface area (Å²) in [6, 6.07) is -0.108. The predicted octanol–water partition coefficient (Wildman–Crippen LogP) is 0.864. The summed E-state index contributed by atoms with van der Waals surface area (Å²) in [6.07, 6.45) is 2.32. The largest absolute Gasteiger partial charge is 0.311 e. The van der Waals surface area contributed by atoms with Crippen LogP contribution < -0.4 is 5.32 Å². The number of nitrogens with zero attached hydrogens (tertiary/aromatic N) is 3. The number of rotatable bonds is 6. The fourth-order valence-corrected chi connectivity index (χ4v) is 0.707. The van der Waals surface area contributed by atoms with Gasteiger partial charge in [0.2, 0.25) is 0 Å². The van der Waals surface area contributed by atoms with E-state index in [-0.39, 0.29) is 6.04 Å². The topological polar surface area (TPSA) is 77.9 Å². The second-order valence-corrected chi connectivity index (χ2v) is 2.13. The fraction of sp³-hybridized carbons (Fsp3) is 0.833. The van der Waals surface area contributed by atoms with Gasteiger partial charge >= 0.3 is 0 Å². The maximum atomic E-state index is 10.2. The van der Waals surface area contributed by atoms with Crippen molar-refractivity contribution in [1.82, 2.24) is 5.32 Å². The van der Waals surface area contributed by atoms with Crippen molar-refractivity contribution < 1.29 is 4.79 Å². The van der Waals surface area contributed by atoms with Crippen LogP contribution in [0.2, 0.25) is 0 Å². The molecule has 0 heterocycles. The molecule has 0 saturated heterocycles. The highest BCUT2D eigenvalue weighted by Crippen LogP contribution is 1.94. The molecule has 0 aliphatic heterocycles. The quantitative estimate of drug-likeness (QED) is 0.203. The lowest BCUT2D eigenvalue weighted by atomic mass is 10.2. The molecule has 0 amide bonds. The van der Waals surface area contributed by atoms with Gasteiger partial charge in [-0.3, -0.25) is 0 Å². The Labute approximate surface area is 65.4 Å². The van der Waals surface area contributed by atoms with Gasteiger partial charge in [0.1, 0.15) is 6.29 Å². The number of nitrogens with one attached hydrogen (secondary N) is 1. The van der Waals surface area contributed by atoms with E-state index in [1.165, 1.54) is 0 Å². The van der Waals surface area contributed by atoms with Crippen molar-refractivity contribution in [1.29, 1.82) is 0 Å². The molecule has 62 valence electrons. The van der Waals surface area contributed by atoms with E-state index < -0.39 is 0 Å². The van der Waals surface area contributed by atoms with E-state index in [1.54, 1.807) is 7.05 Å².